The SMILES string of the molecule is COc1cc(Br)c(OCC(=O)c2cccn2C)cc1Br. The Morgan fingerprint density at radius 2 is 1.90 bits per heavy atom. The van der Waals surface area contributed by atoms with Crippen LogP contribution in [0.2, 0.25) is 0 Å². The number of nitrogens with zero attached hydrogens (tertiary/aromatic N) is 1. The van der Waals surface area contributed by atoms with Gasteiger partial charge in [-0.2, -0.15) is 0 Å². The van der Waals surface area contributed by atoms with E-state index < -0.39 is 0 Å². The fraction of sp³-hybridized carbons (Fsp3) is 0.214. The van der Waals surface area contributed by atoms with Crippen molar-refractivity contribution in [2.45, 2.75) is 0 Å². The molecule has 0 bridgehead atoms. The van der Waals surface area contributed by atoms with Crippen molar-refractivity contribution in [2.75, 3.05) is 13.7 Å². The zero-order valence-electron chi connectivity index (χ0n) is 11.0. The summed E-state index contributed by atoms with van der Waals surface area (Å²) in [6.45, 7) is -0.0186. The van der Waals surface area contributed by atoms with E-state index in [9.17, 15) is 4.79 Å². The highest BCUT2D eigenvalue weighted by Gasteiger charge is 2.13. The Labute approximate surface area is 133 Å². The smallest absolute Gasteiger partial charge is 0.216 e. The van der Waals surface area contributed by atoms with Gasteiger partial charge in [0.15, 0.2) is 6.61 Å². The number of aromatic nitrogens is 1. The molecule has 0 unspecified atom stereocenters. The van der Waals surface area contributed by atoms with Gasteiger partial charge in [-0.1, -0.05) is 0 Å². The molecule has 0 aliphatic carbocycles. The number of benzene rings is 1. The molecule has 1 aromatic carbocycles. The molecule has 0 fully saturated rings. The van der Waals surface area contributed by atoms with E-state index in [1.54, 1.807) is 29.9 Å². The van der Waals surface area contributed by atoms with Gasteiger partial charge in [-0.3, -0.25) is 4.79 Å². The first-order chi connectivity index (χ1) is 9.52. The highest BCUT2D eigenvalue weighted by atomic mass is 79.9. The monoisotopic (exact) mass is 401 g/mol. The van der Waals surface area contributed by atoms with Crippen LogP contribution in [-0.2, 0) is 7.05 Å². The minimum Gasteiger partial charge on any atom is -0.496 e. The Kier molecular flexibility index (Phi) is 4.88. The number of ether oxygens (including phenoxy) is 2. The van der Waals surface area contributed by atoms with Crippen LogP contribution in [0.15, 0.2) is 39.4 Å². The van der Waals surface area contributed by atoms with Gasteiger partial charge in [0, 0.05) is 13.2 Å². The van der Waals surface area contributed by atoms with Gasteiger partial charge in [0.2, 0.25) is 5.78 Å². The van der Waals surface area contributed by atoms with Crippen LogP contribution in [-0.4, -0.2) is 24.1 Å². The van der Waals surface area contributed by atoms with E-state index in [1.807, 2.05) is 19.3 Å². The lowest BCUT2D eigenvalue weighted by Gasteiger charge is -2.11. The van der Waals surface area contributed by atoms with Crippen LogP contribution < -0.4 is 9.47 Å². The molecule has 0 atom stereocenters. The Morgan fingerprint density at radius 3 is 2.50 bits per heavy atom. The Hall–Kier alpha value is -1.27. The van der Waals surface area contributed by atoms with Gasteiger partial charge < -0.3 is 14.0 Å². The fourth-order valence-corrected chi connectivity index (χ4v) is 2.67. The molecule has 0 aliphatic heterocycles. The summed E-state index contributed by atoms with van der Waals surface area (Å²) < 4.78 is 14.0. The number of hydrogen-bond donors (Lipinski definition) is 0. The van der Waals surface area contributed by atoms with Crippen molar-refractivity contribution in [2.24, 2.45) is 7.05 Å². The standard InChI is InChI=1S/C14H13Br2NO3/c1-17-5-3-4-11(17)12(18)8-20-14-7-9(15)13(19-2)6-10(14)16/h3-7H,8H2,1-2H3. The van der Waals surface area contributed by atoms with Crippen molar-refractivity contribution >= 4 is 37.6 Å². The first kappa shape index (κ1) is 15.1. The summed E-state index contributed by atoms with van der Waals surface area (Å²) in [6, 6.07) is 7.14. The van der Waals surface area contributed by atoms with Crippen LogP contribution in [0.1, 0.15) is 10.5 Å². The molecule has 6 heteroatoms. The maximum Gasteiger partial charge on any atom is 0.216 e. The maximum absolute atomic E-state index is 12.0. The maximum atomic E-state index is 12.0. The lowest BCUT2D eigenvalue weighted by atomic mass is 10.3. The van der Waals surface area contributed by atoms with E-state index in [0.717, 1.165) is 8.95 Å². The van der Waals surface area contributed by atoms with E-state index in [-0.39, 0.29) is 12.4 Å². The van der Waals surface area contributed by atoms with Crippen LogP contribution >= 0.6 is 31.9 Å². The number of carbonyl (C=O) groups excluding carboxylic acids is 1. The highest BCUT2D eigenvalue weighted by Crippen LogP contribution is 2.36. The Morgan fingerprint density at radius 1 is 1.25 bits per heavy atom. The quantitative estimate of drug-likeness (QED) is 0.713. The molecule has 2 rings (SSSR count). The molecular formula is C14H13Br2NO3. The summed E-state index contributed by atoms with van der Waals surface area (Å²) in [4.78, 5) is 12.0. The topological polar surface area (TPSA) is 40.5 Å². The van der Waals surface area contributed by atoms with Gasteiger partial charge in [0.1, 0.15) is 11.5 Å². The molecule has 0 saturated heterocycles. The van der Waals surface area contributed by atoms with Crippen molar-refractivity contribution < 1.29 is 14.3 Å². The van der Waals surface area contributed by atoms with Crippen molar-refractivity contribution in [3.05, 3.63) is 45.1 Å². The average molecular weight is 403 g/mol. The van der Waals surface area contributed by atoms with E-state index >= 15 is 0 Å². The number of aryl methyl sites for hydroxylation is 1. The third kappa shape index (κ3) is 3.24. The summed E-state index contributed by atoms with van der Waals surface area (Å²) in [5.41, 5.74) is 0.619. The molecule has 0 radical (unpaired) electrons. The first-order valence-electron chi connectivity index (χ1n) is 5.83. The third-order valence-electron chi connectivity index (χ3n) is 2.79. The normalized spacial score (nSPS) is 10.4. The van der Waals surface area contributed by atoms with Crippen LogP contribution in [0.4, 0.5) is 0 Å². The van der Waals surface area contributed by atoms with Crippen LogP contribution in [0.3, 0.4) is 0 Å². The Bertz CT molecular complexity index is 637. The van der Waals surface area contributed by atoms with Crippen molar-refractivity contribution in [1.82, 2.24) is 4.57 Å². The summed E-state index contributed by atoms with van der Waals surface area (Å²) in [5, 5.41) is 0. The number of methoxy groups -OCH3 is 1. The van der Waals surface area contributed by atoms with Gasteiger partial charge in [0.25, 0.3) is 0 Å². The van der Waals surface area contributed by atoms with Crippen molar-refractivity contribution in [1.29, 1.82) is 0 Å². The van der Waals surface area contributed by atoms with Gasteiger partial charge in [-0.25, -0.2) is 0 Å². The molecule has 0 saturated carbocycles. The zero-order chi connectivity index (χ0) is 14.7. The second kappa shape index (κ2) is 6.45. The summed E-state index contributed by atoms with van der Waals surface area (Å²) in [5.74, 6) is 1.20. The van der Waals surface area contributed by atoms with Gasteiger partial charge in [0.05, 0.1) is 21.7 Å². The largest absolute Gasteiger partial charge is 0.496 e. The fourth-order valence-electron chi connectivity index (χ4n) is 1.75. The number of ketones is 1. The molecule has 0 spiro atoms. The summed E-state index contributed by atoms with van der Waals surface area (Å²) in [7, 11) is 3.42. The molecular weight excluding hydrogens is 390 g/mol. The molecule has 0 aliphatic rings. The van der Waals surface area contributed by atoms with Crippen LogP contribution in [0.25, 0.3) is 0 Å². The molecule has 106 valence electrons. The van der Waals surface area contributed by atoms with Crippen LogP contribution in [0, 0.1) is 0 Å². The molecule has 20 heavy (non-hydrogen) atoms. The zero-order valence-corrected chi connectivity index (χ0v) is 14.2. The summed E-state index contributed by atoms with van der Waals surface area (Å²) in [6.07, 6.45) is 1.83. The predicted octanol–water partition coefficient (Wildman–Crippen LogP) is 3.82. The summed E-state index contributed by atoms with van der Waals surface area (Å²) >= 11 is 6.78. The van der Waals surface area contributed by atoms with E-state index in [2.05, 4.69) is 31.9 Å². The highest BCUT2D eigenvalue weighted by molar-refractivity contribution is 9.11. The van der Waals surface area contributed by atoms with Crippen molar-refractivity contribution in [3.8, 4) is 11.5 Å². The number of Topliss-reactive ketones (excluding diaryl/α,β-unsaturated/α-hetero) is 1. The first-order valence-corrected chi connectivity index (χ1v) is 7.42. The predicted molar refractivity (Wildman–Crippen MR) is 83.6 cm³/mol. The van der Waals surface area contributed by atoms with Gasteiger partial charge >= 0.3 is 0 Å². The lowest BCUT2D eigenvalue weighted by Crippen LogP contribution is -2.14. The Balaban J connectivity index is 2.10. The number of rotatable bonds is 5. The number of halogens is 2. The van der Waals surface area contributed by atoms with E-state index in [0.29, 0.717) is 17.2 Å². The van der Waals surface area contributed by atoms with E-state index in [1.165, 1.54) is 0 Å². The molecule has 1 heterocycles. The molecule has 0 amide bonds. The third-order valence-corrected chi connectivity index (χ3v) is 4.03. The molecule has 4 nitrogen and oxygen atoms in total. The van der Waals surface area contributed by atoms with Crippen molar-refractivity contribution in [3.63, 3.8) is 0 Å². The van der Waals surface area contributed by atoms with Gasteiger partial charge in [-0.15, -0.1) is 0 Å². The lowest BCUT2D eigenvalue weighted by molar-refractivity contribution is 0.0913. The minimum atomic E-state index is -0.0728. The molecule has 2 aromatic rings. The van der Waals surface area contributed by atoms with Gasteiger partial charge in [-0.05, 0) is 56.1 Å². The number of hydrogen-bond acceptors (Lipinski definition) is 3. The number of carbonyl (C=O) groups is 1. The molecule has 0 N–H and O–H groups in total. The average Bonchev–Trinajstić information content (AvgIpc) is 2.85. The second-order valence-electron chi connectivity index (χ2n) is 4.13. The van der Waals surface area contributed by atoms with Crippen LogP contribution in [0.5, 0.6) is 11.5 Å². The second-order valence-corrected chi connectivity index (χ2v) is 5.84. The van der Waals surface area contributed by atoms with E-state index in [4.69, 9.17) is 9.47 Å². The minimum absolute atomic E-state index is 0.0186. The molecule has 1 aromatic heterocycles.